The van der Waals surface area contributed by atoms with Crippen LogP contribution in [0.2, 0.25) is 0 Å². The molecule has 172 valence electrons. The number of nitrogens with one attached hydrogen (secondary N) is 1. The number of aromatic nitrogens is 1. The van der Waals surface area contributed by atoms with Crippen LogP contribution >= 0.6 is 0 Å². The summed E-state index contributed by atoms with van der Waals surface area (Å²) in [6.07, 6.45) is 1.82. The molecule has 0 amide bonds. The van der Waals surface area contributed by atoms with Crippen LogP contribution in [0.3, 0.4) is 0 Å². The molecule has 0 saturated carbocycles. The van der Waals surface area contributed by atoms with Gasteiger partial charge in [0, 0.05) is 22.1 Å². The van der Waals surface area contributed by atoms with Gasteiger partial charge in [0.2, 0.25) is 0 Å². The van der Waals surface area contributed by atoms with Crippen molar-refractivity contribution in [1.29, 1.82) is 0 Å². The normalized spacial score (nSPS) is 18.2. The van der Waals surface area contributed by atoms with Crippen LogP contribution < -0.4 is 10.8 Å². The van der Waals surface area contributed by atoms with Crippen molar-refractivity contribution in [3.05, 3.63) is 35.4 Å². The van der Waals surface area contributed by atoms with E-state index in [0.717, 1.165) is 27.7 Å². The Morgan fingerprint density at radius 1 is 1.16 bits per heavy atom. The zero-order valence-electron chi connectivity index (χ0n) is 20.8. The summed E-state index contributed by atoms with van der Waals surface area (Å²) in [5.41, 5.74) is 2.13. The van der Waals surface area contributed by atoms with Crippen molar-refractivity contribution in [2.24, 2.45) is 0 Å². The molecule has 3 rings (SSSR count). The summed E-state index contributed by atoms with van der Waals surface area (Å²) >= 11 is 0. The lowest BCUT2D eigenvalue weighted by atomic mass is 9.78. The van der Waals surface area contributed by atoms with Crippen molar-refractivity contribution in [1.82, 2.24) is 4.98 Å². The van der Waals surface area contributed by atoms with E-state index >= 15 is 0 Å². The zero-order valence-corrected chi connectivity index (χ0v) is 20.8. The van der Waals surface area contributed by atoms with E-state index in [1.165, 1.54) is 0 Å². The number of rotatable bonds is 5. The molecule has 7 heteroatoms. The van der Waals surface area contributed by atoms with Gasteiger partial charge in [-0.1, -0.05) is 12.1 Å². The molecule has 0 bridgehead atoms. The molecule has 1 aromatic heterocycles. The van der Waals surface area contributed by atoms with Crippen LogP contribution in [0, 0.1) is 0 Å². The zero-order chi connectivity index (χ0) is 23.9. The highest BCUT2D eigenvalue weighted by atomic mass is 16.7. The number of hydrogen-bond donors (Lipinski definition) is 1. The molecule has 1 aliphatic heterocycles. The first-order valence-electron chi connectivity index (χ1n) is 11.2. The maximum absolute atomic E-state index is 12.2. The number of carbonyl (C=O) groups excluding carboxylic acids is 1. The molecule has 6 nitrogen and oxygen atoms in total. The van der Waals surface area contributed by atoms with E-state index in [0.29, 0.717) is 12.2 Å². The second kappa shape index (κ2) is 8.52. The minimum Gasteiger partial charge on any atom is -0.463 e. The number of pyridine rings is 1. The molecule has 0 unspecified atom stereocenters. The standard InChI is InChI=1S/C25H35BN2O4/c1-10-30-22(29)16(2)13-18-14-17-15-19(26-31-24(6,7)25(8,9)32-26)11-12-20(17)27-21(18)28-23(3,4)5/h11-15H,10H2,1-9H3,(H,27,28). The predicted molar refractivity (Wildman–Crippen MR) is 131 cm³/mol. The summed E-state index contributed by atoms with van der Waals surface area (Å²) in [7, 11) is -0.447. The van der Waals surface area contributed by atoms with Crippen molar-refractivity contribution in [3.63, 3.8) is 0 Å². The van der Waals surface area contributed by atoms with Gasteiger partial charge in [-0.05, 0) is 86.0 Å². The molecule has 2 heterocycles. The number of carbonyl (C=O) groups is 1. The first-order valence-corrected chi connectivity index (χ1v) is 11.2. The third kappa shape index (κ3) is 5.16. The Morgan fingerprint density at radius 3 is 2.34 bits per heavy atom. The molecule has 32 heavy (non-hydrogen) atoms. The van der Waals surface area contributed by atoms with Gasteiger partial charge in [-0.15, -0.1) is 0 Å². The smallest absolute Gasteiger partial charge is 0.463 e. The molecule has 1 N–H and O–H groups in total. The Balaban J connectivity index is 2.06. The summed E-state index contributed by atoms with van der Waals surface area (Å²) in [6, 6.07) is 8.06. The minimum absolute atomic E-state index is 0.191. The van der Waals surface area contributed by atoms with Gasteiger partial charge in [-0.2, -0.15) is 0 Å². The summed E-state index contributed by atoms with van der Waals surface area (Å²) in [5.74, 6) is 0.386. The van der Waals surface area contributed by atoms with Crippen molar-refractivity contribution in [3.8, 4) is 0 Å². The molecule has 1 aromatic carbocycles. The van der Waals surface area contributed by atoms with Crippen LogP contribution in [0.4, 0.5) is 5.82 Å². The van der Waals surface area contributed by atoms with Gasteiger partial charge in [0.15, 0.2) is 0 Å². The van der Waals surface area contributed by atoms with E-state index in [2.05, 4.69) is 26.1 Å². The first-order chi connectivity index (χ1) is 14.7. The van der Waals surface area contributed by atoms with Gasteiger partial charge in [-0.3, -0.25) is 0 Å². The van der Waals surface area contributed by atoms with Gasteiger partial charge in [0.05, 0.1) is 23.3 Å². The summed E-state index contributed by atoms with van der Waals surface area (Å²) in [5, 5.41) is 4.40. The van der Waals surface area contributed by atoms with E-state index in [4.69, 9.17) is 19.0 Å². The topological polar surface area (TPSA) is 69.7 Å². The van der Waals surface area contributed by atoms with Gasteiger partial charge < -0.3 is 19.4 Å². The Labute approximate surface area is 191 Å². The lowest BCUT2D eigenvalue weighted by Crippen LogP contribution is -2.41. The fourth-order valence-electron chi connectivity index (χ4n) is 3.44. The predicted octanol–water partition coefficient (Wildman–Crippen LogP) is 4.71. The van der Waals surface area contributed by atoms with Crippen molar-refractivity contribution in [2.75, 3.05) is 11.9 Å². The highest BCUT2D eigenvalue weighted by molar-refractivity contribution is 6.62. The average molecular weight is 438 g/mol. The number of hydrogen-bond acceptors (Lipinski definition) is 6. The Kier molecular flexibility index (Phi) is 6.46. The number of ether oxygens (including phenoxy) is 1. The number of fused-ring (bicyclic) bond motifs is 1. The van der Waals surface area contributed by atoms with Gasteiger partial charge in [0.25, 0.3) is 0 Å². The Hall–Kier alpha value is -2.38. The van der Waals surface area contributed by atoms with Crippen LogP contribution in [0.15, 0.2) is 29.8 Å². The summed E-state index contributed by atoms with van der Waals surface area (Å²) < 4.78 is 17.6. The monoisotopic (exact) mass is 438 g/mol. The third-order valence-corrected chi connectivity index (χ3v) is 5.86. The largest absolute Gasteiger partial charge is 0.494 e. The lowest BCUT2D eigenvalue weighted by Gasteiger charge is -2.32. The molecule has 0 spiro atoms. The summed E-state index contributed by atoms with van der Waals surface area (Å²) in [6.45, 7) is 18.3. The maximum Gasteiger partial charge on any atom is 0.494 e. The van der Waals surface area contributed by atoms with Crippen LogP contribution in [0.25, 0.3) is 17.0 Å². The van der Waals surface area contributed by atoms with Crippen molar-refractivity contribution >= 4 is 41.3 Å². The van der Waals surface area contributed by atoms with E-state index in [9.17, 15) is 4.79 Å². The molecule has 1 aliphatic rings. The average Bonchev–Trinajstić information content (AvgIpc) is 2.88. The number of esters is 1. The fraction of sp³-hybridized carbons (Fsp3) is 0.520. The van der Waals surface area contributed by atoms with E-state index in [1.807, 2.05) is 58.0 Å². The van der Waals surface area contributed by atoms with Gasteiger partial charge in [0.1, 0.15) is 5.82 Å². The third-order valence-electron chi connectivity index (χ3n) is 5.86. The highest BCUT2D eigenvalue weighted by Gasteiger charge is 2.51. The van der Waals surface area contributed by atoms with E-state index in [-0.39, 0.29) is 11.5 Å². The number of anilines is 1. The molecular weight excluding hydrogens is 403 g/mol. The molecule has 1 saturated heterocycles. The molecule has 1 fully saturated rings. The molecule has 0 atom stereocenters. The van der Waals surface area contributed by atoms with Crippen molar-refractivity contribution in [2.45, 2.75) is 79.1 Å². The molecule has 0 aliphatic carbocycles. The Morgan fingerprint density at radius 2 is 1.78 bits per heavy atom. The van der Waals surface area contributed by atoms with Crippen LogP contribution in [-0.2, 0) is 18.8 Å². The maximum atomic E-state index is 12.2. The second-order valence-electron chi connectivity index (χ2n) is 10.4. The lowest BCUT2D eigenvalue weighted by molar-refractivity contribution is -0.138. The molecule has 0 radical (unpaired) electrons. The highest BCUT2D eigenvalue weighted by Crippen LogP contribution is 2.36. The van der Waals surface area contributed by atoms with E-state index < -0.39 is 18.3 Å². The number of benzene rings is 1. The fourth-order valence-corrected chi connectivity index (χ4v) is 3.44. The second-order valence-corrected chi connectivity index (χ2v) is 10.4. The summed E-state index contributed by atoms with van der Waals surface area (Å²) in [4.78, 5) is 17.0. The van der Waals surface area contributed by atoms with Crippen molar-refractivity contribution < 1.29 is 18.8 Å². The quantitative estimate of drug-likeness (QED) is 0.414. The molecule has 2 aromatic rings. The van der Waals surface area contributed by atoms with Crippen LogP contribution in [-0.4, -0.2) is 41.4 Å². The first kappa shape index (κ1) is 24.3. The van der Waals surface area contributed by atoms with Crippen LogP contribution in [0.1, 0.15) is 67.9 Å². The van der Waals surface area contributed by atoms with E-state index in [1.54, 1.807) is 13.8 Å². The number of nitrogens with zero attached hydrogens (tertiary/aromatic N) is 1. The van der Waals surface area contributed by atoms with Crippen LogP contribution in [0.5, 0.6) is 0 Å². The SMILES string of the molecule is CCOC(=O)C(C)=Cc1cc2cc(B3OC(C)(C)C(C)(C)O3)ccc2nc1NC(C)(C)C. The molecular formula is C25H35BN2O4. The minimum atomic E-state index is -0.447. The Bertz CT molecular complexity index is 1040. The van der Waals surface area contributed by atoms with Gasteiger partial charge >= 0.3 is 13.1 Å². The van der Waals surface area contributed by atoms with Gasteiger partial charge in [-0.25, -0.2) is 9.78 Å².